The summed E-state index contributed by atoms with van der Waals surface area (Å²) in [6.45, 7) is 9.18. The van der Waals surface area contributed by atoms with Crippen molar-refractivity contribution in [1.82, 2.24) is 4.90 Å². The number of carbonyl (C=O) groups excluding carboxylic acids is 2. The maximum atomic E-state index is 14.7. The van der Waals surface area contributed by atoms with Gasteiger partial charge in [-0.05, 0) is 58.6 Å². The van der Waals surface area contributed by atoms with Crippen LogP contribution in [0.4, 0.5) is 13.6 Å². The fourth-order valence-corrected chi connectivity index (χ4v) is 3.62. The van der Waals surface area contributed by atoms with E-state index >= 15 is 0 Å². The SMILES string of the molecule is CCc1cc(F)cc(F)c1C1(C(C)=O)CCN(C(=O)OC(C)(C)C)CC1. The van der Waals surface area contributed by atoms with Crippen LogP contribution in [0.5, 0.6) is 0 Å². The van der Waals surface area contributed by atoms with Gasteiger partial charge < -0.3 is 9.64 Å². The summed E-state index contributed by atoms with van der Waals surface area (Å²) in [5.74, 6) is -1.50. The van der Waals surface area contributed by atoms with Crippen LogP contribution in [0.3, 0.4) is 0 Å². The summed E-state index contributed by atoms with van der Waals surface area (Å²) in [6, 6.07) is 2.13. The Bertz CT molecular complexity index is 702. The fraction of sp³-hybridized carbons (Fsp3) is 0.600. The third-order valence-electron chi connectivity index (χ3n) is 4.94. The minimum Gasteiger partial charge on any atom is -0.444 e. The van der Waals surface area contributed by atoms with Crippen LogP contribution in [0.15, 0.2) is 12.1 Å². The van der Waals surface area contributed by atoms with Gasteiger partial charge in [-0.2, -0.15) is 0 Å². The minimum atomic E-state index is -1.04. The number of piperidine rings is 1. The van der Waals surface area contributed by atoms with E-state index in [0.29, 0.717) is 12.0 Å². The Labute approximate surface area is 153 Å². The van der Waals surface area contributed by atoms with Gasteiger partial charge in [-0.3, -0.25) is 4.79 Å². The van der Waals surface area contributed by atoms with E-state index in [9.17, 15) is 18.4 Å². The molecule has 144 valence electrons. The number of hydrogen-bond donors (Lipinski definition) is 0. The number of ketones is 1. The Hall–Kier alpha value is -1.98. The topological polar surface area (TPSA) is 46.6 Å². The van der Waals surface area contributed by atoms with Crippen LogP contribution in [-0.4, -0.2) is 35.5 Å². The minimum absolute atomic E-state index is 0.165. The van der Waals surface area contributed by atoms with Gasteiger partial charge in [0.05, 0.1) is 5.41 Å². The zero-order valence-corrected chi connectivity index (χ0v) is 16.1. The summed E-state index contributed by atoms with van der Waals surface area (Å²) in [5, 5.41) is 0. The van der Waals surface area contributed by atoms with Gasteiger partial charge in [0, 0.05) is 24.7 Å². The van der Waals surface area contributed by atoms with E-state index in [1.165, 1.54) is 13.0 Å². The predicted molar refractivity (Wildman–Crippen MR) is 95.1 cm³/mol. The van der Waals surface area contributed by atoms with Gasteiger partial charge >= 0.3 is 6.09 Å². The molecule has 2 rings (SSSR count). The number of carbonyl (C=O) groups is 2. The van der Waals surface area contributed by atoms with Crippen LogP contribution >= 0.6 is 0 Å². The maximum absolute atomic E-state index is 14.7. The first-order chi connectivity index (χ1) is 12.0. The standard InChI is InChI=1S/C20H27F2NO3/c1-6-14-11-15(21)12-16(22)17(14)20(13(2)24)7-9-23(10-8-20)18(25)26-19(3,4)5/h11-12H,6-10H2,1-5H3. The molecule has 1 amide bonds. The molecule has 26 heavy (non-hydrogen) atoms. The van der Waals surface area contributed by atoms with E-state index in [2.05, 4.69) is 0 Å². The molecule has 0 unspecified atom stereocenters. The van der Waals surface area contributed by atoms with Crippen LogP contribution in [0.1, 0.15) is 58.6 Å². The quantitative estimate of drug-likeness (QED) is 0.796. The third-order valence-corrected chi connectivity index (χ3v) is 4.94. The molecule has 0 spiro atoms. The Morgan fingerprint density at radius 2 is 1.77 bits per heavy atom. The first-order valence-electron chi connectivity index (χ1n) is 8.97. The van der Waals surface area contributed by atoms with Gasteiger partial charge in [-0.15, -0.1) is 0 Å². The van der Waals surface area contributed by atoms with E-state index in [-0.39, 0.29) is 37.3 Å². The molecule has 1 aliphatic rings. The summed E-state index contributed by atoms with van der Waals surface area (Å²) in [5.41, 5.74) is -0.868. The maximum Gasteiger partial charge on any atom is 0.410 e. The molecule has 1 saturated heterocycles. The van der Waals surface area contributed by atoms with E-state index < -0.39 is 28.7 Å². The molecule has 4 nitrogen and oxygen atoms in total. The summed E-state index contributed by atoms with van der Waals surface area (Å²) in [7, 11) is 0. The molecular formula is C20H27F2NO3. The number of likely N-dealkylation sites (tertiary alicyclic amines) is 1. The largest absolute Gasteiger partial charge is 0.444 e. The Morgan fingerprint density at radius 3 is 2.23 bits per heavy atom. The first kappa shape index (κ1) is 20.3. The van der Waals surface area contributed by atoms with E-state index in [1.807, 2.05) is 0 Å². The molecule has 0 bridgehead atoms. The van der Waals surface area contributed by atoms with E-state index in [0.717, 1.165) is 6.07 Å². The average molecular weight is 367 g/mol. The van der Waals surface area contributed by atoms with E-state index in [4.69, 9.17) is 4.74 Å². The number of nitrogens with zero attached hydrogens (tertiary/aromatic N) is 1. The van der Waals surface area contributed by atoms with Crippen LogP contribution in [0.25, 0.3) is 0 Å². The summed E-state index contributed by atoms with van der Waals surface area (Å²) in [4.78, 5) is 26.3. The Kier molecular flexibility index (Phi) is 5.73. The van der Waals surface area contributed by atoms with Crippen molar-refractivity contribution in [1.29, 1.82) is 0 Å². The van der Waals surface area contributed by atoms with Crippen molar-refractivity contribution in [2.45, 2.75) is 64.9 Å². The van der Waals surface area contributed by atoms with Crippen LogP contribution in [0.2, 0.25) is 0 Å². The highest BCUT2D eigenvalue weighted by Gasteiger charge is 2.44. The molecule has 1 fully saturated rings. The number of amides is 1. The van der Waals surface area contributed by atoms with Gasteiger partial charge in [0.1, 0.15) is 23.0 Å². The van der Waals surface area contributed by atoms with Crippen LogP contribution in [-0.2, 0) is 21.4 Å². The summed E-state index contributed by atoms with van der Waals surface area (Å²) < 4.78 is 33.7. The third kappa shape index (κ3) is 4.05. The Morgan fingerprint density at radius 1 is 1.19 bits per heavy atom. The second kappa shape index (κ2) is 7.33. The molecule has 0 atom stereocenters. The molecular weight excluding hydrogens is 340 g/mol. The van der Waals surface area contributed by atoms with Crippen LogP contribution in [0, 0.1) is 11.6 Å². The summed E-state index contributed by atoms with van der Waals surface area (Å²) in [6.07, 6.45) is 0.563. The van der Waals surface area contributed by atoms with Gasteiger partial charge in [0.15, 0.2) is 0 Å². The van der Waals surface area contributed by atoms with Crippen molar-refractivity contribution in [3.8, 4) is 0 Å². The molecule has 1 heterocycles. The molecule has 1 aromatic carbocycles. The second-order valence-electron chi connectivity index (χ2n) is 7.88. The van der Waals surface area contributed by atoms with Crippen molar-refractivity contribution in [2.75, 3.05) is 13.1 Å². The number of hydrogen-bond acceptors (Lipinski definition) is 3. The number of aryl methyl sites for hydroxylation is 1. The predicted octanol–water partition coefficient (Wildman–Crippen LogP) is 4.38. The van der Waals surface area contributed by atoms with Gasteiger partial charge in [0.25, 0.3) is 0 Å². The highest BCUT2D eigenvalue weighted by atomic mass is 19.1. The van der Waals surface area contributed by atoms with Crippen LogP contribution < -0.4 is 0 Å². The average Bonchev–Trinajstić information content (AvgIpc) is 2.52. The first-order valence-corrected chi connectivity index (χ1v) is 8.97. The molecule has 0 aromatic heterocycles. The molecule has 0 aliphatic carbocycles. The van der Waals surface area contributed by atoms with Crippen molar-refractivity contribution < 1.29 is 23.1 Å². The highest BCUT2D eigenvalue weighted by Crippen LogP contribution is 2.40. The lowest BCUT2D eigenvalue weighted by Gasteiger charge is -2.41. The number of rotatable bonds is 3. The molecule has 1 aliphatic heterocycles. The molecule has 0 radical (unpaired) electrons. The Balaban J connectivity index is 2.33. The fourth-order valence-electron chi connectivity index (χ4n) is 3.62. The normalized spacial score (nSPS) is 17.1. The zero-order valence-electron chi connectivity index (χ0n) is 16.1. The lowest BCUT2D eigenvalue weighted by molar-refractivity contribution is -0.124. The van der Waals surface area contributed by atoms with Crippen molar-refractivity contribution in [3.05, 3.63) is 34.9 Å². The van der Waals surface area contributed by atoms with Crippen molar-refractivity contribution in [3.63, 3.8) is 0 Å². The molecule has 0 saturated carbocycles. The molecule has 0 N–H and O–H groups in total. The molecule has 6 heteroatoms. The lowest BCUT2D eigenvalue weighted by Crippen LogP contribution is -2.50. The number of ether oxygens (including phenoxy) is 1. The number of Topliss-reactive ketones (excluding diaryl/α,β-unsaturated/α-hetero) is 1. The summed E-state index contributed by atoms with van der Waals surface area (Å²) >= 11 is 0. The monoisotopic (exact) mass is 367 g/mol. The second-order valence-corrected chi connectivity index (χ2v) is 7.88. The van der Waals surface area contributed by atoms with Crippen molar-refractivity contribution in [2.24, 2.45) is 0 Å². The number of halogens is 2. The molecule has 1 aromatic rings. The van der Waals surface area contributed by atoms with Gasteiger partial charge in [-0.1, -0.05) is 6.92 Å². The smallest absolute Gasteiger partial charge is 0.410 e. The van der Waals surface area contributed by atoms with Gasteiger partial charge in [0.2, 0.25) is 0 Å². The number of benzene rings is 1. The van der Waals surface area contributed by atoms with Gasteiger partial charge in [-0.25, -0.2) is 13.6 Å². The van der Waals surface area contributed by atoms with E-state index in [1.54, 1.807) is 32.6 Å². The lowest BCUT2D eigenvalue weighted by atomic mass is 9.68. The highest BCUT2D eigenvalue weighted by molar-refractivity contribution is 5.89. The zero-order chi connectivity index (χ0) is 19.7. The van der Waals surface area contributed by atoms with Crippen molar-refractivity contribution >= 4 is 11.9 Å².